The van der Waals surface area contributed by atoms with Gasteiger partial charge in [0.15, 0.2) is 5.82 Å². The second kappa shape index (κ2) is 9.28. The molecule has 0 unspecified atom stereocenters. The van der Waals surface area contributed by atoms with Gasteiger partial charge < -0.3 is 20.4 Å². The van der Waals surface area contributed by atoms with Crippen LogP contribution in [0.5, 0.6) is 0 Å². The summed E-state index contributed by atoms with van der Waals surface area (Å²) in [6, 6.07) is 12.2. The smallest absolute Gasteiger partial charge is 0.230 e. The van der Waals surface area contributed by atoms with E-state index in [0.29, 0.717) is 22.6 Å². The van der Waals surface area contributed by atoms with Gasteiger partial charge >= 0.3 is 0 Å². The molecule has 4 rings (SSSR count). The number of benzene rings is 1. The normalized spacial score (nSPS) is 14.6. The van der Waals surface area contributed by atoms with Crippen LogP contribution in [-0.4, -0.2) is 53.1 Å². The Morgan fingerprint density at radius 1 is 0.933 bits per heavy atom. The first-order valence-electron chi connectivity index (χ1n) is 10.2. The van der Waals surface area contributed by atoms with Gasteiger partial charge in [0.1, 0.15) is 10.8 Å². The summed E-state index contributed by atoms with van der Waals surface area (Å²) >= 11 is 6.28. The van der Waals surface area contributed by atoms with Gasteiger partial charge in [-0.15, -0.1) is 0 Å². The number of nitrogens with one attached hydrogen (secondary N) is 2. The van der Waals surface area contributed by atoms with Crippen molar-refractivity contribution in [3.63, 3.8) is 0 Å². The van der Waals surface area contributed by atoms with Gasteiger partial charge in [-0.1, -0.05) is 30.7 Å². The van der Waals surface area contributed by atoms with Crippen molar-refractivity contribution < 1.29 is 0 Å². The van der Waals surface area contributed by atoms with E-state index in [1.807, 2.05) is 24.4 Å². The number of hydrogen-bond donors (Lipinski definition) is 2. The molecule has 2 aromatic heterocycles. The van der Waals surface area contributed by atoms with Gasteiger partial charge in [-0.2, -0.15) is 4.98 Å². The number of halogens is 1. The number of aryl methyl sites for hydroxylation is 1. The van der Waals surface area contributed by atoms with Crippen LogP contribution in [0.25, 0.3) is 0 Å². The van der Waals surface area contributed by atoms with Crippen LogP contribution in [-0.2, 0) is 6.42 Å². The average molecular weight is 424 g/mol. The highest BCUT2D eigenvalue weighted by Gasteiger charge is 2.14. The quantitative estimate of drug-likeness (QED) is 0.611. The van der Waals surface area contributed by atoms with Crippen molar-refractivity contribution in [3.8, 4) is 0 Å². The van der Waals surface area contributed by atoms with Crippen molar-refractivity contribution in [2.24, 2.45) is 0 Å². The van der Waals surface area contributed by atoms with Crippen molar-refractivity contribution in [2.75, 3.05) is 48.8 Å². The van der Waals surface area contributed by atoms with E-state index in [4.69, 9.17) is 11.6 Å². The molecule has 7 nitrogen and oxygen atoms in total. The van der Waals surface area contributed by atoms with E-state index in [9.17, 15) is 0 Å². The number of pyridine rings is 1. The van der Waals surface area contributed by atoms with Gasteiger partial charge in [0, 0.05) is 31.9 Å². The Kier molecular flexibility index (Phi) is 6.30. The summed E-state index contributed by atoms with van der Waals surface area (Å²) in [5.41, 5.74) is 3.33. The molecule has 2 N–H and O–H groups in total. The van der Waals surface area contributed by atoms with Crippen LogP contribution in [0.3, 0.4) is 0 Å². The summed E-state index contributed by atoms with van der Waals surface area (Å²) in [6.45, 7) is 6.29. The number of likely N-dealkylation sites (N-methyl/N-ethyl adjacent to an activating group) is 1. The van der Waals surface area contributed by atoms with E-state index >= 15 is 0 Å². The third-order valence-corrected chi connectivity index (χ3v) is 5.50. The Morgan fingerprint density at radius 3 is 2.37 bits per heavy atom. The zero-order chi connectivity index (χ0) is 20.9. The van der Waals surface area contributed by atoms with Crippen LogP contribution in [0.1, 0.15) is 12.5 Å². The Balaban J connectivity index is 1.43. The molecule has 0 aliphatic carbocycles. The molecule has 30 heavy (non-hydrogen) atoms. The number of aromatic nitrogens is 3. The fourth-order valence-electron chi connectivity index (χ4n) is 3.30. The lowest BCUT2D eigenvalue weighted by molar-refractivity contribution is 0.313. The SMILES string of the molecule is CCc1ccc(Nc2nc(Nc3ccc(N4CCN(C)CC4)cn3)ncc2Cl)cc1. The first-order valence-corrected chi connectivity index (χ1v) is 10.5. The topological polar surface area (TPSA) is 69.2 Å². The molecule has 1 aliphatic heterocycles. The van der Waals surface area contributed by atoms with Crippen LogP contribution in [0.15, 0.2) is 48.8 Å². The third kappa shape index (κ3) is 4.98. The minimum Gasteiger partial charge on any atom is -0.368 e. The largest absolute Gasteiger partial charge is 0.368 e. The lowest BCUT2D eigenvalue weighted by atomic mass is 10.1. The molecule has 1 saturated heterocycles. The number of rotatable bonds is 6. The molecule has 0 spiro atoms. The summed E-state index contributed by atoms with van der Waals surface area (Å²) in [4.78, 5) is 18.0. The summed E-state index contributed by atoms with van der Waals surface area (Å²) in [5, 5.41) is 6.86. The molecule has 1 aromatic carbocycles. The molecule has 0 bridgehead atoms. The molecule has 3 aromatic rings. The second-order valence-corrected chi connectivity index (χ2v) is 7.79. The second-order valence-electron chi connectivity index (χ2n) is 7.38. The van der Waals surface area contributed by atoms with Crippen molar-refractivity contribution in [1.29, 1.82) is 0 Å². The lowest BCUT2D eigenvalue weighted by Gasteiger charge is -2.33. The monoisotopic (exact) mass is 423 g/mol. The van der Waals surface area contributed by atoms with Gasteiger partial charge in [0.25, 0.3) is 0 Å². The highest BCUT2D eigenvalue weighted by molar-refractivity contribution is 6.32. The maximum atomic E-state index is 6.28. The van der Waals surface area contributed by atoms with Gasteiger partial charge in [0.2, 0.25) is 5.95 Å². The zero-order valence-electron chi connectivity index (χ0n) is 17.3. The predicted molar refractivity (Wildman–Crippen MR) is 123 cm³/mol. The third-order valence-electron chi connectivity index (χ3n) is 5.23. The molecule has 8 heteroatoms. The molecule has 3 heterocycles. The van der Waals surface area contributed by atoms with E-state index in [2.05, 4.69) is 67.6 Å². The fraction of sp³-hybridized carbons (Fsp3) is 0.318. The summed E-state index contributed by atoms with van der Waals surface area (Å²) in [6.07, 6.45) is 4.47. The van der Waals surface area contributed by atoms with Gasteiger partial charge in [0.05, 0.1) is 18.1 Å². The first-order chi connectivity index (χ1) is 14.6. The van der Waals surface area contributed by atoms with E-state index in [-0.39, 0.29) is 0 Å². The zero-order valence-corrected chi connectivity index (χ0v) is 18.0. The Bertz CT molecular complexity index is 968. The number of hydrogen-bond acceptors (Lipinski definition) is 7. The molecule has 0 amide bonds. The fourth-order valence-corrected chi connectivity index (χ4v) is 3.44. The van der Waals surface area contributed by atoms with E-state index in [0.717, 1.165) is 44.0 Å². The molecule has 156 valence electrons. The van der Waals surface area contributed by atoms with Crippen LogP contribution < -0.4 is 15.5 Å². The Morgan fingerprint density at radius 2 is 1.70 bits per heavy atom. The first kappa shape index (κ1) is 20.4. The van der Waals surface area contributed by atoms with Crippen molar-refractivity contribution >= 4 is 40.6 Å². The predicted octanol–water partition coefficient (Wildman–Crippen LogP) is 4.33. The summed E-state index contributed by atoms with van der Waals surface area (Å²) < 4.78 is 0. The standard InChI is InChI=1S/C22H26ClN7/c1-3-16-4-6-17(7-5-16)26-21-19(23)15-25-22(28-21)27-20-9-8-18(14-24-20)30-12-10-29(2)11-13-30/h4-9,14-15H,3,10-13H2,1-2H3,(H2,24,25,26,27,28). The summed E-state index contributed by atoms with van der Waals surface area (Å²) in [5.74, 6) is 1.67. The van der Waals surface area contributed by atoms with Crippen LogP contribution in [0.2, 0.25) is 5.02 Å². The van der Waals surface area contributed by atoms with Crippen LogP contribution in [0, 0.1) is 0 Å². The molecule has 0 radical (unpaired) electrons. The number of anilines is 5. The van der Waals surface area contributed by atoms with Gasteiger partial charge in [-0.25, -0.2) is 9.97 Å². The van der Waals surface area contributed by atoms with Crippen LogP contribution >= 0.6 is 11.6 Å². The number of piperazine rings is 1. The average Bonchev–Trinajstić information content (AvgIpc) is 2.78. The maximum absolute atomic E-state index is 6.28. The van der Waals surface area contributed by atoms with Gasteiger partial charge in [-0.05, 0) is 43.3 Å². The molecule has 1 aliphatic rings. The highest BCUT2D eigenvalue weighted by atomic mass is 35.5. The molecule has 1 fully saturated rings. The van der Waals surface area contributed by atoms with Crippen LogP contribution in [0.4, 0.5) is 29.0 Å². The molecule has 0 atom stereocenters. The maximum Gasteiger partial charge on any atom is 0.230 e. The Hall–Kier alpha value is -2.90. The van der Waals surface area contributed by atoms with E-state index < -0.39 is 0 Å². The van der Waals surface area contributed by atoms with Gasteiger partial charge in [-0.3, -0.25) is 0 Å². The van der Waals surface area contributed by atoms with E-state index in [1.165, 1.54) is 5.56 Å². The van der Waals surface area contributed by atoms with Crippen molar-refractivity contribution in [3.05, 3.63) is 59.4 Å². The molecular weight excluding hydrogens is 398 g/mol. The molecular formula is C22H26ClN7. The molecule has 0 saturated carbocycles. The van der Waals surface area contributed by atoms with Crippen molar-refractivity contribution in [1.82, 2.24) is 19.9 Å². The highest BCUT2D eigenvalue weighted by Crippen LogP contribution is 2.25. The number of nitrogens with zero attached hydrogens (tertiary/aromatic N) is 5. The Labute approximate surface area is 182 Å². The minimum absolute atomic E-state index is 0.437. The summed E-state index contributed by atoms with van der Waals surface area (Å²) in [7, 11) is 2.15. The van der Waals surface area contributed by atoms with Crippen molar-refractivity contribution in [2.45, 2.75) is 13.3 Å². The minimum atomic E-state index is 0.437. The van der Waals surface area contributed by atoms with E-state index in [1.54, 1.807) is 6.20 Å². The lowest BCUT2D eigenvalue weighted by Crippen LogP contribution is -2.44.